The Morgan fingerprint density at radius 3 is 2.95 bits per heavy atom. The smallest absolute Gasteiger partial charge is 0.182 e. The molecule has 5 nitrogen and oxygen atoms in total. The third kappa shape index (κ3) is 2.11. The summed E-state index contributed by atoms with van der Waals surface area (Å²) in [6.07, 6.45) is 3.77. The summed E-state index contributed by atoms with van der Waals surface area (Å²) in [5.74, 6) is 1.12. The molecule has 2 aromatic heterocycles. The summed E-state index contributed by atoms with van der Waals surface area (Å²) in [4.78, 5) is 8.80. The summed E-state index contributed by atoms with van der Waals surface area (Å²) >= 11 is 0. The number of nitrogens with one attached hydrogen (secondary N) is 1. The highest BCUT2D eigenvalue weighted by molar-refractivity contribution is 5.88. The molecule has 1 saturated carbocycles. The first-order valence-corrected chi connectivity index (χ1v) is 6.85. The Balaban J connectivity index is 1.77. The van der Waals surface area contributed by atoms with Crippen LogP contribution in [0.1, 0.15) is 30.0 Å². The fourth-order valence-electron chi connectivity index (χ4n) is 2.38. The van der Waals surface area contributed by atoms with Crippen LogP contribution in [0.4, 0.5) is 11.5 Å². The van der Waals surface area contributed by atoms with Crippen LogP contribution in [0.25, 0.3) is 11.1 Å². The van der Waals surface area contributed by atoms with E-state index in [0.29, 0.717) is 22.9 Å². The summed E-state index contributed by atoms with van der Waals surface area (Å²) in [7, 11) is 0. The van der Waals surface area contributed by atoms with E-state index in [0.717, 1.165) is 16.9 Å². The highest BCUT2D eigenvalue weighted by Gasteiger charge is 2.25. The molecular weight excluding hydrogens is 264 g/mol. The topological polar surface area (TPSA) is 74.7 Å². The van der Waals surface area contributed by atoms with E-state index in [9.17, 15) is 5.26 Å². The molecule has 0 amide bonds. The number of anilines is 2. The van der Waals surface area contributed by atoms with Crippen LogP contribution in [0.15, 0.2) is 41.1 Å². The third-order valence-corrected chi connectivity index (χ3v) is 3.65. The summed E-state index contributed by atoms with van der Waals surface area (Å²) in [6.45, 7) is 0. The van der Waals surface area contributed by atoms with E-state index in [1.807, 2.05) is 30.3 Å². The van der Waals surface area contributed by atoms with Gasteiger partial charge in [0, 0.05) is 11.6 Å². The minimum Gasteiger partial charge on any atom is -0.443 e. The lowest BCUT2D eigenvalue weighted by Crippen LogP contribution is -2.00. The number of nitrogens with zero attached hydrogens (tertiary/aromatic N) is 3. The highest BCUT2D eigenvalue weighted by Crippen LogP contribution is 2.40. The molecule has 4 rings (SSSR count). The summed E-state index contributed by atoms with van der Waals surface area (Å²) < 4.78 is 5.29. The van der Waals surface area contributed by atoms with Crippen molar-refractivity contribution in [3.05, 3.63) is 48.0 Å². The molecule has 1 aliphatic rings. The van der Waals surface area contributed by atoms with Crippen LogP contribution in [-0.2, 0) is 0 Å². The van der Waals surface area contributed by atoms with Crippen LogP contribution in [0.3, 0.4) is 0 Å². The average molecular weight is 276 g/mol. The fraction of sp³-hybridized carbons (Fsp3) is 0.188. The molecule has 0 atom stereocenters. The predicted molar refractivity (Wildman–Crippen MR) is 78.2 cm³/mol. The standard InChI is InChI=1S/C16H12N4O/c17-8-11-6-7-12(10-4-5-10)19-16(11)20-13-2-1-3-14-15(13)18-9-21-14/h1-3,6-7,9-10H,4-5H2,(H,19,20). The zero-order chi connectivity index (χ0) is 14.2. The van der Waals surface area contributed by atoms with Gasteiger partial charge in [-0.2, -0.15) is 5.26 Å². The molecule has 1 aliphatic carbocycles. The van der Waals surface area contributed by atoms with Crippen molar-refractivity contribution in [1.29, 1.82) is 5.26 Å². The molecule has 0 aliphatic heterocycles. The number of aromatic nitrogens is 2. The molecule has 3 aromatic rings. The molecule has 5 heteroatoms. The van der Waals surface area contributed by atoms with Gasteiger partial charge >= 0.3 is 0 Å². The van der Waals surface area contributed by atoms with Crippen LogP contribution >= 0.6 is 0 Å². The van der Waals surface area contributed by atoms with Crippen molar-refractivity contribution in [2.24, 2.45) is 0 Å². The second kappa shape index (κ2) is 4.60. The van der Waals surface area contributed by atoms with Gasteiger partial charge in [-0.3, -0.25) is 0 Å². The minimum absolute atomic E-state index is 0.528. The Hall–Kier alpha value is -2.87. The largest absolute Gasteiger partial charge is 0.443 e. The Labute approximate surface area is 121 Å². The van der Waals surface area contributed by atoms with E-state index in [1.54, 1.807) is 0 Å². The maximum atomic E-state index is 9.25. The highest BCUT2D eigenvalue weighted by atomic mass is 16.3. The normalized spacial score (nSPS) is 14.0. The number of nitriles is 1. The number of pyridine rings is 1. The molecule has 1 N–H and O–H groups in total. The van der Waals surface area contributed by atoms with Crippen molar-refractivity contribution in [3.8, 4) is 6.07 Å². The molecule has 0 saturated heterocycles. The van der Waals surface area contributed by atoms with Crippen LogP contribution in [0.2, 0.25) is 0 Å². The average Bonchev–Trinajstić information content (AvgIpc) is 3.25. The minimum atomic E-state index is 0.528. The molecule has 0 bridgehead atoms. The van der Waals surface area contributed by atoms with Crippen molar-refractivity contribution in [3.63, 3.8) is 0 Å². The number of oxazole rings is 1. The molecule has 0 radical (unpaired) electrons. The van der Waals surface area contributed by atoms with Crippen LogP contribution < -0.4 is 5.32 Å². The molecular formula is C16H12N4O. The van der Waals surface area contributed by atoms with Gasteiger partial charge in [0.05, 0.1) is 11.3 Å². The second-order valence-electron chi connectivity index (χ2n) is 5.15. The lowest BCUT2D eigenvalue weighted by Gasteiger charge is -2.09. The van der Waals surface area contributed by atoms with Gasteiger partial charge in [-0.25, -0.2) is 9.97 Å². The van der Waals surface area contributed by atoms with E-state index >= 15 is 0 Å². The number of fused-ring (bicyclic) bond motifs is 1. The van der Waals surface area contributed by atoms with E-state index in [2.05, 4.69) is 21.4 Å². The lowest BCUT2D eigenvalue weighted by molar-refractivity contribution is 0.602. The zero-order valence-corrected chi connectivity index (χ0v) is 11.2. The third-order valence-electron chi connectivity index (χ3n) is 3.65. The summed E-state index contributed by atoms with van der Waals surface area (Å²) in [6, 6.07) is 11.6. The number of benzene rings is 1. The Morgan fingerprint density at radius 1 is 1.24 bits per heavy atom. The number of hydrogen-bond acceptors (Lipinski definition) is 5. The Morgan fingerprint density at radius 2 is 2.14 bits per heavy atom. The van der Waals surface area contributed by atoms with Crippen molar-refractivity contribution >= 4 is 22.6 Å². The second-order valence-corrected chi connectivity index (χ2v) is 5.15. The number of hydrogen-bond donors (Lipinski definition) is 1. The maximum absolute atomic E-state index is 9.25. The van der Waals surface area contributed by atoms with Gasteiger partial charge in [-0.15, -0.1) is 0 Å². The molecule has 21 heavy (non-hydrogen) atoms. The monoisotopic (exact) mass is 276 g/mol. The van der Waals surface area contributed by atoms with Gasteiger partial charge in [0.25, 0.3) is 0 Å². The van der Waals surface area contributed by atoms with Crippen LogP contribution in [0, 0.1) is 11.3 Å². The number of rotatable bonds is 3. The van der Waals surface area contributed by atoms with Crippen LogP contribution in [0.5, 0.6) is 0 Å². The van der Waals surface area contributed by atoms with Gasteiger partial charge in [-0.1, -0.05) is 6.07 Å². The molecule has 1 aromatic carbocycles. The first-order chi connectivity index (χ1) is 10.3. The Bertz CT molecular complexity index is 858. The van der Waals surface area contributed by atoms with Gasteiger partial charge in [-0.05, 0) is 37.1 Å². The van der Waals surface area contributed by atoms with Gasteiger partial charge in [0.1, 0.15) is 17.4 Å². The Kier molecular flexibility index (Phi) is 2.61. The molecule has 1 fully saturated rings. The van der Waals surface area contributed by atoms with Crippen molar-refractivity contribution in [1.82, 2.24) is 9.97 Å². The van der Waals surface area contributed by atoms with E-state index in [4.69, 9.17) is 4.42 Å². The molecule has 2 heterocycles. The van der Waals surface area contributed by atoms with E-state index < -0.39 is 0 Å². The molecule has 102 valence electrons. The fourth-order valence-corrected chi connectivity index (χ4v) is 2.38. The first kappa shape index (κ1) is 11.9. The van der Waals surface area contributed by atoms with Gasteiger partial charge in [0.2, 0.25) is 0 Å². The van der Waals surface area contributed by atoms with Gasteiger partial charge < -0.3 is 9.73 Å². The SMILES string of the molecule is N#Cc1ccc(C2CC2)nc1Nc1cccc2ocnc12. The number of para-hydroxylation sites is 1. The van der Waals surface area contributed by atoms with E-state index in [1.165, 1.54) is 19.2 Å². The maximum Gasteiger partial charge on any atom is 0.182 e. The zero-order valence-electron chi connectivity index (χ0n) is 11.2. The van der Waals surface area contributed by atoms with Gasteiger partial charge in [0.15, 0.2) is 12.0 Å². The first-order valence-electron chi connectivity index (χ1n) is 6.85. The van der Waals surface area contributed by atoms with Crippen molar-refractivity contribution in [2.75, 3.05) is 5.32 Å². The molecule has 0 spiro atoms. The van der Waals surface area contributed by atoms with Crippen molar-refractivity contribution in [2.45, 2.75) is 18.8 Å². The summed E-state index contributed by atoms with van der Waals surface area (Å²) in [5.41, 5.74) is 3.80. The lowest BCUT2D eigenvalue weighted by atomic mass is 10.2. The summed E-state index contributed by atoms with van der Waals surface area (Å²) in [5, 5.41) is 12.5. The van der Waals surface area contributed by atoms with Crippen molar-refractivity contribution < 1.29 is 4.42 Å². The van der Waals surface area contributed by atoms with Crippen LogP contribution in [-0.4, -0.2) is 9.97 Å². The predicted octanol–water partition coefficient (Wildman–Crippen LogP) is 3.72. The van der Waals surface area contributed by atoms with E-state index in [-0.39, 0.29) is 0 Å². The molecule has 0 unspecified atom stereocenters. The quantitative estimate of drug-likeness (QED) is 0.789.